The summed E-state index contributed by atoms with van der Waals surface area (Å²) in [4.78, 5) is 0. The van der Waals surface area contributed by atoms with Crippen molar-refractivity contribution >= 4 is 69.6 Å². The van der Waals surface area contributed by atoms with Crippen molar-refractivity contribution < 1.29 is 8.83 Å². The van der Waals surface area contributed by atoms with Crippen molar-refractivity contribution in [2.75, 3.05) is 0 Å². The van der Waals surface area contributed by atoms with Crippen molar-refractivity contribution in [1.82, 2.24) is 20.4 Å². The van der Waals surface area contributed by atoms with Crippen LogP contribution in [0.15, 0.2) is 8.83 Å². The van der Waals surface area contributed by atoms with Crippen LogP contribution >= 0.6 is 69.6 Å². The van der Waals surface area contributed by atoms with Gasteiger partial charge in [-0.2, -0.15) is 0 Å². The Morgan fingerprint density at radius 3 is 1.19 bits per heavy atom. The van der Waals surface area contributed by atoms with Crippen LogP contribution in [0.5, 0.6) is 0 Å². The van der Waals surface area contributed by atoms with Gasteiger partial charge in [0, 0.05) is 12.8 Å². The molecule has 0 aliphatic carbocycles. The maximum Gasteiger partial charge on any atom is 0.268 e. The van der Waals surface area contributed by atoms with E-state index in [4.69, 9.17) is 78.4 Å². The Labute approximate surface area is 180 Å². The number of unbranched alkanes of at least 4 members (excludes halogenated alkanes) is 5. The molecule has 0 radical (unpaired) electrons. The first-order valence-corrected chi connectivity index (χ1v) is 10.2. The molecule has 0 fully saturated rings. The monoisotopic (exact) mass is 482 g/mol. The molecular formula is C14H16Cl6N4O2. The van der Waals surface area contributed by atoms with Crippen LogP contribution in [0.1, 0.15) is 62.1 Å². The number of rotatable bonds is 9. The number of aromatic nitrogens is 4. The van der Waals surface area contributed by atoms with E-state index in [1.54, 1.807) is 0 Å². The summed E-state index contributed by atoms with van der Waals surface area (Å²) in [6.45, 7) is 0. The maximum atomic E-state index is 5.67. The molecule has 2 aromatic heterocycles. The quantitative estimate of drug-likeness (QED) is 0.310. The Kier molecular flexibility index (Phi) is 8.57. The van der Waals surface area contributed by atoms with Crippen LogP contribution < -0.4 is 0 Å². The summed E-state index contributed by atoms with van der Waals surface area (Å²) in [5.41, 5.74) is 0. The Balaban J connectivity index is 1.53. The van der Waals surface area contributed by atoms with Crippen molar-refractivity contribution in [3.05, 3.63) is 23.6 Å². The summed E-state index contributed by atoms with van der Waals surface area (Å²) in [6, 6.07) is 0. The molecule has 0 aliphatic heterocycles. The molecule has 0 aromatic carbocycles. The Bertz CT molecular complexity index is 621. The van der Waals surface area contributed by atoms with Crippen LogP contribution in [0, 0.1) is 0 Å². The third kappa shape index (κ3) is 7.56. The van der Waals surface area contributed by atoms with Crippen molar-refractivity contribution in [3.8, 4) is 0 Å². The first kappa shape index (κ1) is 22.3. The zero-order valence-electron chi connectivity index (χ0n) is 13.5. The van der Waals surface area contributed by atoms with E-state index in [1.807, 2.05) is 0 Å². The molecule has 0 saturated heterocycles. The minimum absolute atomic E-state index is 0.00331. The molecule has 0 aliphatic rings. The Morgan fingerprint density at radius 2 is 0.885 bits per heavy atom. The molecule has 2 heterocycles. The second-order valence-corrected chi connectivity index (χ2v) is 10.2. The summed E-state index contributed by atoms with van der Waals surface area (Å²) < 4.78 is 7.24. The van der Waals surface area contributed by atoms with E-state index in [1.165, 1.54) is 0 Å². The van der Waals surface area contributed by atoms with E-state index < -0.39 is 7.59 Å². The predicted octanol–water partition coefficient (Wildman–Crippen LogP) is 6.23. The van der Waals surface area contributed by atoms with Gasteiger partial charge in [0.1, 0.15) is 0 Å². The van der Waals surface area contributed by atoms with Gasteiger partial charge in [0.05, 0.1) is 0 Å². The SMILES string of the molecule is ClC(Cl)(Cl)c1nnc(CCCCCCCCc2nnc(C(Cl)(Cl)Cl)o2)o1. The lowest BCUT2D eigenvalue weighted by atomic mass is 10.1. The minimum atomic E-state index is -1.68. The molecule has 26 heavy (non-hydrogen) atoms. The number of hydrogen-bond donors (Lipinski definition) is 0. The standard InChI is InChI=1S/C14H16Cl6N4O2/c15-13(16,17)11-23-21-9(25-11)7-5-3-1-2-4-6-8-10-22-24-12(26-10)14(18,19)20/h1-8H2. The lowest BCUT2D eigenvalue weighted by Gasteiger charge is -2.03. The lowest BCUT2D eigenvalue weighted by Crippen LogP contribution is -1.99. The first-order chi connectivity index (χ1) is 12.2. The molecule has 0 saturated carbocycles. The number of aryl methyl sites for hydroxylation is 2. The normalized spacial score (nSPS) is 12.7. The van der Waals surface area contributed by atoms with Crippen LogP contribution in [0.3, 0.4) is 0 Å². The van der Waals surface area contributed by atoms with Crippen molar-refractivity contribution in [2.24, 2.45) is 0 Å². The zero-order valence-corrected chi connectivity index (χ0v) is 18.1. The van der Waals surface area contributed by atoms with Gasteiger partial charge < -0.3 is 8.83 Å². The van der Waals surface area contributed by atoms with Gasteiger partial charge >= 0.3 is 0 Å². The van der Waals surface area contributed by atoms with E-state index in [0.717, 1.165) is 38.5 Å². The molecule has 0 bridgehead atoms. The number of hydrogen-bond acceptors (Lipinski definition) is 6. The van der Waals surface area contributed by atoms with Crippen LogP contribution in [-0.2, 0) is 20.4 Å². The fourth-order valence-corrected chi connectivity index (χ4v) is 2.66. The summed E-state index contributed by atoms with van der Waals surface area (Å²) in [6.07, 6.45) is 7.46. The third-order valence-electron chi connectivity index (χ3n) is 3.45. The second-order valence-electron chi connectivity index (χ2n) is 5.62. The van der Waals surface area contributed by atoms with E-state index in [9.17, 15) is 0 Å². The van der Waals surface area contributed by atoms with Crippen molar-refractivity contribution in [3.63, 3.8) is 0 Å². The summed E-state index contributed by atoms with van der Waals surface area (Å²) in [5.74, 6) is 0.952. The molecule has 12 heteroatoms. The third-order valence-corrected chi connectivity index (χ3v) is 4.42. The summed E-state index contributed by atoms with van der Waals surface area (Å²) in [5, 5.41) is 15.2. The highest BCUT2D eigenvalue weighted by molar-refractivity contribution is 6.66. The van der Waals surface area contributed by atoms with Gasteiger partial charge in [0.25, 0.3) is 19.4 Å². The number of halogens is 6. The summed E-state index contributed by atoms with van der Waals surface area (Å²) in [7, 11) is 0. The van der Waals surface area contributed by atoms with E-state index in [2.05, 4.69) is 20.4 Å². The minimum Gasteiger partial charge on any atom is -0.421 e. The van der Waals surface area contributed by atoms with Gasteiger partial charge in [0.2, 0.25) is 11.8 Å². The molecule has 2 aromatic rings. The van der Waals surface area contributed by atoms with Crippen LogP contribution in [-0.4, -0.2) is 20.4 Å². The maximum absolute atomic E-state index is 5.67. The Hall–Kier alpha value is 0.0200. The molecule has 6 nitrogen and oxygen atoms in total. The van der Waals surface area contributed by atoms with Gasteiger partial charge in [0.15, 0.2) is 0 Å². The predicted molar refractivity (Wildman–Crippen MR) is 102 cm³/mol. The molecule has 0 N–H and O–H groups in total. The van der Waals surface area contributed by atoms with Gasteiger partial charge in [-0.05, 0) is 12.8 Å². The number of alkyl halides is 6. The van der Waals surface area contributed by atoms with Gasteiger partial charge in [-0.15, -0.1) is 20.4 Å². The average Bonchev–Trinajstić information content (AvgIpc) is 3.18. The van der Waals surface area contributed by atoms with E-state index in [0.29, 0.717) is 24.6 Å². The molecule has 0 amide bonds. The molecular weight excluding hydrogens is 469 g/mol. The van der Waals surface area contributed by atoms with Gasteiger partial charge in [-0.1, -0.05) is 95.3 Å². The molecule has 146 valence electrons. The zero-order chi connectivity index (χ0) is 19.2. The first-order valence-electron chi connectivity index (χ1n) is 7.95. The van der Waals surface area contributed by atoms with Crippen molar-refractivity contribution in [1.29, 1.82) is 0 Å². The van der Waals surface area contributed by atoms with Gasteiger partial charge in [-0.25, -0.2) is 0 Å². The molecule has 0 atom stereocenters. The van der Waals surface area contributed by atoms with Crippen LogP contribution in [0.25, 0.3) is 0 Å². The van der Waals surface area contributed by atoms with Crippen molar-refractivity contribution in [2.45, 2.75) is 59.0 Å². The number of nitrogens with zero attached hydrogens (tertiary/aromatic N) is 4. The lowest BCUT2D eigenvalue weighted by molar-refractivity contribution is 0.438. The topological polar surface area (TPSA) is 77.8 Å². The fraction of sp³-hybridized carbons (Fsp3) is 0.714. The van der Waals surface area contributed by atoms with E-state index >= 15 is 0 Å². The highest BCUT2D eigenvalue weighted by Gasteiger charge is 2.30. The largest absolute Gasteiger partial charge is 0.421 e. The second kappa shape index (κ2) is 9.99. The fourth-order valence-electron chi connectivity index (χ4n) is 2.20. The smallest absolute Gasteiger partial charge is 0.268 e. The molecule has 2 rings (SSSR count). The highest BCUT2D eigenvalue weighted by atomic mass is 35.6. The van der Waals surface area contributed by atoms with Gasteiger partial charge in [-0.3, -0.25) is 0 Å². The average molecular weight is 485 g/mol. The Morgan fingerprint density at radius 1 is 0.538 bits per heavy atom. The van der Waals surface area contributed by atoms with E-state index in [-0.39, 0.29) is 11.8 Å². The highest BCUT2D eigenvalue weighted by Crippen LogP contribution is 2.37. The van der Waals surface area contributed by atoms with Crippen LogP contribution in [0.4, 0.5) is 0 Å². The summed E-state index contributed by atoms with van der Waals surface area (Å²) >= 11 is 34.0. The van der Waals surface area contributed by atoms with Crippen LogP contribution in [0.2, 0.25) is 0 Å². The molecule has 0 unspecified atom stereocenters. The molecule has 0 spiro atoms.